The first-order valence-corrected chi connectivity index (χ1v) is 8.76. The number of hydrogen-bond acceptors (Lipinski definition) is 4. The van der Waals surface area contributed by atoms with Crippen molar-refractivity contribution in [1.29, 1.82) is 0 Å². The maximum Gasteiger partial charge on any atom is 0.186 e. The lowest BCUT2D eigenvalue weighted by Gasteiger charge is -2.28. The second-order valence-corrected chi connectivity index (χ2v) is 6.54. The van der Waals surface area contributed by atoms with Gasteiger partial charge >= 0.3 is 0 Å². The summed E-state index contributed by atoms with van der Waals surface area (Å²) in [6.07, 6.45) is 2.92. The molecule has 0 aromatic heterocycles. The van der Waals surface area contributed by atoms with Crippen LogP contribution in [0, 0.1) is 13.8 Å². The molecule has 1 aromatic rings. The molecule has 0 unspecified atom stereocenters. The molecule has 4 heteroatoms. The normalized spacial score (nSPS) is 30.4. The van der Waals surface area contributed by atoms with Gasteiger partial charge in [-0.3, -0.25) is 0 Å². The van der Waals surface area contributed by atoms with Gasteiger partial charge < -0.3 is 18.9 Å². The van der Waals surface area contributed by atoms with Gasteiger partial charge in [-0.1, -0.05) is 38.0 Å². The zero-order chi connectivity index (χ0) is 16.2. The van der Waals surface area contributed by atoms with Crippen LogP contribution < -0.4 is 0 Å². The Hall–Kier alpha value is -0.940. The molecule has 0 saturated carbocycles. The minimum Gasteiger partial charge on any atom is -0.368 e. The van der Waals surface area contributed by atoms with E-state index in [1.54, 1.807) is 0 Å². The third kappa shape index (κ3) is 3.77. The Morgan fingerprint density at radius 3 is 2.61 bits per heavy atom. The molecule has 128 valence electrons. The fraction of sp³-hybridized carbons (Fsp3) is 0.684. The van der Waals surface area contributed by atoms with Crippen LogP contribution in [0.15, 0.2) is 18.2 Å². The van der Waals surface area contributed by atoms with E-state index in [0.29, 0.717) is 19.8 Å². The van der Waals surface area contributed by atoms with E-state index in [0.717, 1.165) is 19.3 Å². The summed E-state index contributed by atoms with van der Waals surface area (Å²) in [6, 6.07) is 6.36. The van der Waals surface area contributed by atoms with Crippen molar-refractivity contribution in [3.8, 4) is 0 Å². The molecular weight excluding hydrogens is 292 g/mol. The van der Waals surface area contributed by atoms with Gasteiger partial charge in [0.1, 0.15) is 12.2 Å². The Kier molecular flexibility index (Phi) is 5.70. The van der Waals surface area contributed by atoms with Crippen LogP contribution in [0.1, 0.15) is 42.9 Å². The topological polar surface area (TPSA) is 36.9 Å². The Bertz CT molecular complexity index is 496. The van der Waals surface area contributed by atoms with Crippen molar-refractivity contribution in [2.75, 3.05) is 13.2 Å². The number of hydrogen-bond donors (Lipinski definition) is 0. The van der Waals surface area contributed by atoms with Gasteiger partial charge in [-0.05, 0) is 37.0 Å². The highest BCUT2D eigenvalue weighted by Crippen LogP contribution is 2.33. The van der Waals surface area contributed by atoms with Crippen LogP contribution in [0.3, 0.4) is 0 Å². The molecule has 4 atom stereocenters. The second-order valence-electron chi connectivity index (χ2n) is 6.54. The van der Waals surface area contributed by atoms with E-state index in [1.807, 2.05) is 0 Å². The third-order valence-corrected chi connectivity index (χ3v) is 4.85. The average molecular weight is 320 g/mol. The van der Waals surface area contributed by atoms with Crippen LogP contribution in [0.25, 0.3) is 0 Å². The minimum absolute atomic E-state index is 0.0501. The summed E-state index contributed by atoms with van der Waals surface area (Å²) < 4.78 is 24.0. The molecule has 3 rings (SSSR count). The molecule has 0 bridgehead atoms. The molecule has 0 radical (unpaired) electrons. The van der Waals surface area contributed by atoms with Crippen molar-refractivity contribution in [1.82, 2.24) is 0 Å². The second kappa shape index (κ2) is 7.75. The van der Waals surface area contributed by atoms with Crippen molar-refractivity contribution >= 4 is 0 Å². The highest BCUT2D eigenvalue weighted by molar-refractivity contribution is 5.32. The van der Waals surface area contributed by atoms with Gasteiger partial charge in [0.15, 0.2) is 6.29 Å². The number of fused-ring (bicyclic) bond motifs is 1. The molecule has 23 heavy (non-hydrogen) atoms. The lowest BCUT2D eigenvalue weighted by molar-refractivity contribution is -0.222. The van der Waals surface area contributed by atoms with Crippen molar-refractivity contribution < 1.29 is 18.9 Å². The van der Waals surface area contributed by atoms with Crippen LogP contribution in [0.5, 0.6) is 0 Å². The van der Waals surface area contributed by atoms with Crippen LogP contribution in [-0.2, 0) is 25.6 Å². The average Bonchev–Trinajstić information content (AvgIpc) is 2.90. The summed E-state index contributed by atoms with van der Waals surface area (Å²) in [4.78, 5) is 0. The number of ether oxygens (including phenoxy) is 4. The maximum absolute atomic E-state index is 6.30. The highest BCUT2D eigenvalue weighted by Gasteiger charge is 2.48. The molecule has 2 aliphatic rings. The zero-order valence-corrected chi connectivity index (χ0v) is 14.4. The molecule has 0 N–H and O–H groups in total. The van der Waals surface area contributed by atoms with E-state index in [-0.39, 0.29) is 24.6 Å². The fourth-order valence-electron chi connectivity index (χ4n) is 3.45. The summed E-state index contributed by atoms with van der Waals surface area (Å²) in [7, 11) is 0. The predicted molar refractivity (Wildman–Crippen MR) is 88.4 cm³/mol. The summed E-state index contributed by atoms with van der Waals surface area (Å²) in [6.45, 7) is 8.28. The largest absolute Gasteiger partial charge is 0.368 e. The van der Waals surface area contributed by atoms with E-state index in [9.17, 15) is 0 Å². The lowest BCUT2D eigenvalue weighted by atomic mass is 10.0. The SMILES string of the molecule is CCCC[C@H]1O[C@@H]2OCCO[C@@H]2[C@H]1OCc1c(C)cccc1C. The Morgan fingerprint density at radius 2 is 1.87 bits per heavy atom. The zero-order valence-electron chi connectivity index (χ0n) is 14.4. The molecule has 4 nitrogen and oxygen atoms in total. The fourth-order valence-corrected chi connectivity index (χ4v) is 3.45. The number of benzene rings is 1. The molecule has 2 fully saturated rings. The standard InChI is InChI=1S/C19H28O4/c1-4-5-9-16-17(18-19(23-16)21-11-10-20-18)22-12-15-13(2)7-6-8-14(15)3/h6-8,16-19H,4-5,9-12H2,1-3H3/t16-,17+,18-,19+/m1/s1. The van der Waals surface area contributed by atoms with E-state index < -0.39 is 0 Å². The van der Waals surface area contributed by atoms with Gasteiger partial charge in [-0.25, -0.2) is 0 Å². The highest BCUT2D eigenvalue weighted by atomic mass is 16.7. The monoisotopic (exact) mass is 320 g/mol. The van der Waals surface area contributed by atoms with Crippen LogP contribution in [-0.4, -0.2) is 37.8 Å². The van der Waals surface area contributed by atoms with Gasteiger partial charge in [0.2, 0.25) is 0 Å². The van der Waals surface area contributed by atoms with Crippen molar-refractivity contribution in [2.24, 2.45) is 0 Å². The Labute approximate surface area is 139 Å². The number of aryl methyl sites for hydroxylation is 2. The number of unbranched alkanes of at least 4 members (excludes halogenated alkanes) is 1. The molecule has 2 saturated heterocycles. The molecule has 1 aromatic carbocycles. The molecule has 2 heterocycles. The van der Waals surface area contributed by atoms with Crippen molar-refractivity contribution in [3.63, 3.8) is 0 Å². The third-order valence-electron chi connectivity index (χ3n) is 4.85. The maximum atomic E-state index is 6.30. The summed E-state index contributed by atoms with van der Waals surface area (Å²) in [5.41, 5.74) is 3.81. The van der Waals surface area contributed by atoms with Crippen LogP contribution in [0.2, 0.25) is 0 Å². The van der Waals surface area contributed by atoms with Gasteiger partial charge in [0.25, 0.3) is 0 Å². The lowest BCUT2D eigenvalue weighted by Crippen LogP contribution is -2.42. The van der Waals surface area contributed by atoms with E-state index in [1.165, 1.54) is 16.7 Å². The van der Waals surface area contributed by atoms with E-state index in [2.05, 4.69) is 39.0 Å². The summed E-state index contributed by atoms with van der Waals surface area (Å²) in [5, 5.41) is 0. The minimum atomic E-state index is -0.270. The first-order valence-electron chi connectivity index (χ1n) is 8.76. The summed E-state index contributed by atoms with van der Waals surface area (Å²) >= 11 is 0. The molecular formula is C19H28O4. The van der Waals surface area contributed by atoms with E-state index >= 15 is 0 Å². The molecule has 2 aliphatic heterocycles. The van der Waals surface area contributed by atoms with Crippen molar-refractivity contribution in [3.05, 3.63) is 34.9 Å². The Morgan fingerprint density at radius 1 is 1.13 bits per heavy atom. The predicted octanol–water partition coefficient (Wildman–Crippen LogP) is 3.52. The molecule has 0 spiro atoms. The Balaban J connectivity index is 1.69. The first-order chi connectivity index (χ1) is 11.2. The molecule has 0 aliphatic carbocycles. The smallest absolute Gasteiger partial charge is 0.186 e. The van der Waals surface area contributed by atoms with Gasteiger partial charge in [-0.15, -0.1) is 0 Å². The van der Waals surface area contributed by atoms with Gasteiger partial charge in [0.05, 0.1) is 25.9 Å². The van der Waals surface area contributed by atoms with E-state index in [4.69, 9.17) is 18.9 Å². The number of rotatable bonds is 6. The van der Waals surface area contributed by atoms with Gasteiger partial charge in [-0.2, -0.15) is 0 Å². The quantitative estimate of drug-likeness (QED) is 0.803. The van der Waals surface area contributed by atoms with Crippen molar-refractivity contribution in [2.45, 2.75) is 71.2 Å². The molecule has 0 amide bonds. The summed E-state index contributed by atoms with van der Waals surface area (Å²) in [5.74, 6) is 0. The first kappa shape index (κ1) is 16.9. The van der Waals surface area contributed by atoms with Gasteiger partial charge in [0, 0.05) is 0 Å². The van der Waals surface area contributed by atoms with Crippen LogP contribution in [0.4, 0.5) is 0 Å². The van der Waals surface area contributed by atoms with Crippen LogP contribution >= 0.6 is 0 Å².